The quantitative estimate of drug-likeness (QED) is 0.0245. The molecule has 33 heteroatoms. The number of anilines is 3. The van der Waals surface area contributed by atoms with E-state index < -0.39 is 80.4 Å². The van der Waals surface area contributed by atoms with Gasteiger partial charge in [0.1, 0.15) is 12.1 Å². The number of pyridine rings is 4. The number of methoxy groups -OCH3 is 2. The van der Waals surface area contributed by atoms with E-state index in [1.807, 2.05) is 0 Å². The van der Waals surface area contributed by atoms with Gasteiger partial charge in [-0.15, -0.1) is 0 Å². The van der Waals surface area contributed by atoms with Crippen LogP contribution < -0.4 is 56.1 Å². The minimum absolute atomic E-state index is 0.0876. The molecule has 612 valence electrons. The normalized spacial score (nSPS) is 12.1. The van der Waals surface area contributed by atoms with Crippen molar-refractivity contribution in [2.75, 3.05) is 31.0 Å². The van der Waals surface area contributed by atoms with Gasteiger partial charge in [0.05, 0.1) is 57.8 Å². The van der Waals surface area contributed by atoms with Crippen LogP contribution in [0.15, 0.2) is 302 Å². The highest BCUT2D eigenvalue weighted by atomic mass is 35.5. The number of hydrogen-bond acceptors (Lipinski definition) is 19. The highest BCUT2D eigenvalue weighted by Gasteiger charge is 2.30. The number of rotatable bonds is 17. The molecule has 9 N–H and O–H groups in total. The molecule has 0 saturated carbocycles. The van der Waals surface area contributed by atoms with Crippen LogP contribution in [0.25, 0.3) is 53.9 Å². The molecule has 15 aromatic rings. The number of benzene rings is 10. The predicted octanol–water partition coefficient (Wildman–Crippen LogP) is 15.5. The average molecular weight is 1730 g/mol. The van der Waals surface area contributed by atoms with Crippen LogP contribution in [0.5, 0.6) is 0 Å². The van der Waals surface area contributed by atoms with Crippen LogP contribution in [-0.4, -0.2) is 72.0 Å². The van der Waals surface area contributed by atoms with Crippen molar-refractivity contribution in [2.45, 2.75) is 37.0 Å². The molecule has 28 nitrogen and oxygen atoms in total. The lowest BCUT2D eigenvalue weighted by Gasteiger charge is -2.19. The molecule has 3 amide bonds. The summed E-state index contributed by atoms with van der Waals surface area (Å²) in [6, 6.07) is 61.4. The lowest BCUT2D eigenvalue weighted by molar-refractivity contribution is -0.383. The molecule has 0 radical (unpaired) electrons. The number of nitrogens with two attached hydrogens (primary N) is 4. The Kier molecular flexibility index (Phi) is 27.9. The summed E-state index contributed by atoms with van der Waals surface area (Å²) in [5, 5.41) is 31.3. The van der Waals surface area contributed by atoms with Crippen molar-refractivity contribution in [2.24, 2.45) is 11.5 Å². The van der Waals surface area contributed by atoms with Gasteiger partial charge in [0.2, 0.25) is 17.7 Å². The summed E-state index contributed by atoms with van der Waals surface area (Å²) in [7, 11) is 2.51. The van der Waals surface area contributed by atoms with Gasteiger partial charge in [-0.25, -0.2) is 14.4 Å². The number of halogens is 5. The summed E-state index contributed by atoms with van der Waals surface area (Å²) < 4.78 is 19.5. The minimum atomic E-state index is -1.03. The minimum Gasteiger partial charge on any atom is -0.467 e. The zero-order valence-corrected chi connectivity index (χ0v) is 67.5. The Hall–Kier alpha value is -14.6. The average Bonchev–Trinajstić information content (AvgIpc) is 0.788. The molecule has 0 aliphatic rings. The molecule has 0 bridgehead atoms. The number of nitrogens with one attached hydrogen (secondary N) is 1. The molecule has 4 unspecified atom stereocenters. The van der Waals surface area contributed by atoms with Crippen molar-refractivity contribution < 1.29 is 47.7 Å². The van der Waals surface area contributed by atoms with E-state index in [0.717, 1.165) is 11.8 Å². The number of carbonyl (C=O) groups excluding carboxylic acids is 5. The summed E-state index contributed by atoms with van der Waals surface area (Å²) in [6.45, 7) is 1.79. The van der Waals surface area contributed by atoms with Crippen molar-refractivity contribution in [3.05, 3.63) is 399 Å². The molecule has 121 heavy (non-hydrogen) atoms. The SMILES string of the molecule is COC(=O)C(c1ccc(Cl)cc1)n1ccc2c(N)cccc2c1=O.COC(=O)C(c1ccc(Cl)cc1)n1ccc2c([N+](=O)[O-])cccc2c1=O.C[C@H](C(=O)Nc1cccc2c(=O)n(C(C(N)=O)c3ccc(Cl)cc3)ccc12)c1ccc(Cl)cc1.NC(=O)C(c1ccc(Cl)cc1)n1ccc2c(N)cccc2c1=O.O=c1occc2c([N+](=O)[O-])cccc12. The van der Waals surface area contributed by atoms with E-state index in [0.29, 0.717) is 102 Å². The number of nitro benzene ring substituents is 2. The molecule has 15 rings (SSSR count). The van der Waals surface area contributed by atoms with E-state index >= 15 is 0 Å². The lowest BCUT2D eigenvalue weighted by atomic mass is 10.00. The van der Waals surface area contributed by atoms with Gasteiger partial charge in [0.25, 0.3) is 33.6 Å². The Balaban J connectivity index is 0.000000151. The number of nitro groups is 2. The van der Waals surface area contributed by atoms with E-state index in [2.05, 4.69) is 9.73 Å². The number of amides is 3. The zero-order chi connectivity index (χ0) is 87.2. The number of aromatic nitrogens is 4. The van der Waals surface area contributed by atoms with Crippen molar-refractivity contribution >= 4 is 170 Å². The molecule has 5 atom stereocenters. The predicted molar refractivity (Wildman–Crippen MR) is 467 cm³/mol. The second-order valence-corrected chi connectivity index (χ2v) is 28.8. The fourth-order valence-electron chi connectivity index (χ4n) is 13.3. The van der Waals surface area contributed by atoms with Crippen LogP contribution in [0, 0.1) is 20.2 Å². The van der Waals surface area contributed by atoms with Crippen LogP contribution in [0.4, 0.5) is 28.4 Å². The number of non-ortho nitro benzene ring substituents is 2. The van der Waals surface area contributed by atoms with Gasteiger partial charge < -0.3 is 42.1 Å². The summed E-state index contributed by atoms with van der Waals surface area (Å²) >= 11 is 29.6. The number of nitrogens with zero attached hydrogens (tertiary/aromatic N) is 6. The number of primary amides is 2. The van der Waals surface area contributed by atoms with Crippen molar-refractivity contribution in [1.82, 2.24) is 18.3 Å². The van der Waals surface area contributed by atoms with Gasteiger partial charge in [-0.2, -0.15) is 0 Å². The van der Waals surface area contributed by atoms with Gasteiger partial charge in [-0.3, -0.25) is 72.1 Å². The Morgan fingerprint density at radius 2 is 0.661 bits per heavy atom. The molecule has 5 heterocycles. The largest absolute Gasteiger partial charge is 0.467 e. The summed E-state index contributed by atoms with van der Waals surface area (Å²) in [5.41, 5.74) is 25.1. The highest BCUT2D eigenvalue weighted by Crippen LogP contribution is 2.32. The third kappa shape index (κ3) is 19.7. The smallest absolute Gasteiger partial charge is 0.343 e. The second-order valence-electron chi connectivity index (χ2n) is 26.6. The van der Waals surface area contributed by atoms with Gasteiger partial charge in [0.15, 0.2) is 12.1 Å². The topological polar surface area (TPSA) is 424 Å². The van der Waals surface area contributed by atoms with Crippen molar-refractivity contribution in [3.8, 4) is 0 Å². The van der Waals surface area contributed by atoms with Crippen molar-refractivity contribution in [3.63, 3.8) is 0 Å². The van der Waals surface area contributed by atoms with Crippen LogP contribution in [-0.2, 0) is 33.4 Å². The Morgan fingerprint density at radius 3 is 1.02 bits per heavy atom. The maximum Gasteiger partial charge on any atom is 0.343 e. The fraction of sp³-hybridized carbons (Fsp3) is 0.0909. The van der Waals surface area contributed by atoms with Crippen LogP contribution in [0.3, 0.4) is 0 Å². The number of hydrogen-bond donors (Lipinski definition) is 5. The molecule has 10 aromatic carbocycles. The zero-order valence-electron chi connectivity index (χ0n) is 63.7. The fourth-order valence-corrected chi connectivity index (χ4v) is 13.9. The summed E-state index contributed by atoms with van der Waals surface area (Å²) in [5.74, 6) is -3.14. The first-order valence-electron chi connectivity index (χ1n) is 36.1. The number of esters is 2. The lowest BCUT2D eigenvalue weighted by Crippen LogP contribution is -2.34. The highest BCUT2D eigenvalue weighted by molar-refractivity contribution is 6.32. The van der Waals surface area contributed by atoms with Gasteiger partial charge in [0, 0.05) is 111 Å². The van der Waals surface area contributed by atoms with E-state index in [-0.39, 0.29) is 44.6 Å². The monoisotopic (exact) mass is 1730 g/mol. The maximum absolute atomic E-state index is 13.3. The molecule has 0 saturated heterocycles. The van der Waals surface area contributed by atoms with Gasteiger partial charge in [-0.1, -0.05) is 149 Å². The van der Waals surface area contributed by atoms with E-state index in [1.54, 1.807) is 207 Å². The van der Waals surface area contributed by atoms with Gasteiger partial charge >= 0.3 is 17.6 Å². The third-order valence-corrected chi connectivity index (χ3v) is 20.6. The molecule has 0 aliphatic heterocycles. The molecule has 0 aliphatic carbocycles. The Bertz CT molecular complexity index is 6830. The van der Waals surface area contributed by atoms with Crippen LogP contribution in [0.2, 0.25) is 25.1 Å². The molecular formula is C88H68Cl5N11O17. The number of fused-ring (bicyclic) bond motifs is 5. The molecule has 5 aromatic heterocycles. The molecule has 0 fully saturated rings. The maximum atomic E-state index is 13.3. The first kappa shape index (κ1) is 87.3. The van der Waals surface area contributed by atoms with Gasteiger partial charge in [-0.05, 0) is 174 Å². The molecule has 0 spiro atoms. The Morgan fingerprint density at radius 1 is 0.372 bits per heavy atom. The van der Waals surface area contributed by atoms with E-state index in [9.17, 15) is 68.2 Å². The van der Waals surface area contributed by atoms with E-state index in [1.165, 1.54) is 99.6 Å². The molecular weight excluding hydrogens is 1660 g/mol. The number of nitrogen functional groups attached to an aromatic ring is 2. The third-order valence-electron chi connectivity index (χ3n) is 19.3. The first-order chi connectivity index (χ1) is 57.9. The Labute approximate surface area is 709 Å². The first-order valence-corrected chi connectivity index (χ1v) is 38.0. The number of ether oxygens (including phenoxy) is 2. The van der Waals surface area contributed by atoms with Crippen molar-refractivity contribution in [1.29, 1.82) is 0 Å². The van der Waals surface area contributed by atoms with Crippen LogP contribution in [0.1, 0.15) is 64.8 Å². The second kappa shape index (κ2) is 38.7. The summed E-state index contributed by atoms with van der Waals surface area (Å²) in [6.07, 6.45) is 7.10. The van der Waals surface area contributed by atoms with Crippen LogP contribution >= 0.6 is 58.0 Å². The van der Waals surface area contributed by atoms with E-state index in [4.69, 9.17) is 90.4 Å². The standard InChI is InChI=1S/C26H21Cl2N3O3.C18H13ClN2O5.C18H15ClN2O3.C17H14ClN3O2.C9H5NO4/c1-15(16-5-9-18(27)10-6-16)25(33)30-22-4-2-3-21-20(22)13-14-31(26(21)34)23(24(29)32)17-7-11-19(28)12-8-17;1-26-18(23)16(11-5-7-12(19)8-6-11)20-10-9-13-14(17(20)22)3-2-4-15(13)21(24)25;1-24-18(23)16(11-5-7-12(19)8-6-11)21-10-9-13-14(17(21)22)3-2-4-15(13)20;18-11-6-4-10(5-7-11)15(16(20)22)21-9-8-12-13(17(21)23)2-1-3-14(12)19;11-9-7-2-1-3-8(10(12)13)6(7)4-5-14-9/h2-15,23H,1H3,(H2,29,32)(H,30,33);2-10,16H,1H3;2-10,16H,20H2,1H3;1-9,15H,19H2,(H2,20,22);1-5H/t15-,23?;;;;/m0..../s1. The summed E-state index contributed by atoms with van der Waals surface area (Å²) in [4.78, 5) is 145. The number of carbonyl (C=O) groups is 5.